The molecule has 1 aliphatic carbocycles. The minimum Gasteiger partial charge on any atom is -0.468 e. The number of rotatable bonds is 2. The van der Waals surface area contributed by atoms with Gasteiger partial charge in [0.25, 0.3) is 0 Å². The highest BCUT2D eigenvalue weighted by atomic mass is 79.9. The van der Waals surface area contributed by atoms with Gasteiger partial charge in [0.05, 0.1) is 24.2 Å². The lowest BCUT2D eigenvalue weighted by atomic mass is 9.81. The highest BCUT2D eigenvalue weighted by molar-refractivity contribution is 9.10. The molecule has 0 aliphatic heterocycles. The molecule has 0 saturated heterocycles. The van der Waals surface area contributed by atoms with Crippen molar-refractivity contribution in [2.75, 3.05) is 7.11 Å². The zero-order chi connectivity index (χ0) is 14.2. The Bertz CT molecular complexity index is 650. The number of aromatic nitrogens is 3. The molecular formula is C14H12BrN3O2. The molecule has 0 fully saturated rings. The van der Waals surface area contributed by atoms with Gasteiger partial charge in [0.15, 0.2) is 0 Å². The van der Waals surface area contributed by atoms with Gasteiger partial charge < -0.3 is 4.74 Å². The molecule has 0 N–H and O–H groups in total. The van der Waals surface area contributed by atoms with Crippen LogP contribution >= 0.6 is 15.9 Å². The minimum absolute atomic E-state index is 0.303. The summed E-state index contributed by atoms with van der Waals surface area (Å²) in [6.07, 6.45) is 5.88. The molecule has 20 heavy (non-hydrogen) atoms. The summed E-state index contributed by atoms with van der Waals surface area (Å²) in [5.74, 6) is -0.303. The number of hydrogen-bond acceptors (Lipinski definition) is 5. The minimum atomic E-state index is -0.831. The van der Waals surface area contributed by atoms with Crippen LogP contribution in [-0.4, -0.2) is 28.0 Å². The van der Waals surface area contributed by atoms with Gasteiger partial charge in [-0.2, -0.15) is 0 Å². The Morgan fingerprint density at radius 2 is 1.85 bits per heavy atom. The molecule has 0 radical (unpaired) electrons. The molecule has 0 aromatic carbocycles. The summed E-state index contributed by atoms with van der Waals surface area (Å²) in [6, 6.07) is 3.68. The van der Waals surface area contributed by atoms with Crippen LogP contribution in [0.15, 0.2) is 35.2 Å². The quantitative estimate of drug-likeness (QED) is 0.784. The lowest BCUT2D eigenvalue weighted by Crippen LogP contribution is -2.38. The lowest BCUT2D eigenvalue weighted by Gasteiger charge is -2.24. The fraction of sp³-hybridized carbons (Fsp3) is 0.286. The monoisotopic (exact) mass is 333 g/mol. The number of pyridine rings is 1. The van der Waals surface area contributed by atoms with E-state index in [1.54, 1.807) is 18.6 Å². The average molecular weight is 334 g/mol. The predicted octanol–water partition coefficient (Wildman–Crippen LogP) is 1.84. The van der Waals surface area contributed by atoms with E-state index >= 15 is 0 Å². The number of carbonyl (C=O) groups is 1. The second-order valence-electron chi connectivity index (χ2n) is 4.74. The van der Waals surface area contributed by atoms with Crippen LogP contribution < -0.4 is 0 Å². The van der Waals surface area contributed by atoms with E-state index in [9.17, 15) is 4.79 Å². The third-order valence-corrected chi connectivity index (χ3v) is 4.08. The number of esters is 1. The zero-order valence-corrected chi connectivity index (χ0v) is 12.4. The van der Waals surface area contributed by atoms with E-state index < -0.39 is 5.41 Å². The van der Waals surface area contributed by atoms with Crippen molar-refractivity contribution in [3.05, 3.63) is 52.3 Å². The van der Waals surface area contributed by atoms with Crippen LogP contribution in [0.5, 0.6) is 0 Å². The van der Waals surface area contributed by atoms with Crippen LogP contribution in [-0.2, 0) is 27.8 Å². The van der Waals surface area contributed by atoms with Crippen LogP contribution in [0.1, 0.15) is 17.1 Å². The van der Waals surface area contributed by atoms with Crippen LogP contribution in [0.25, 0.3) is 0 Å². The first kappa shape index (κ1) is 13.2. The number of hydrogen-bond donors (Lipinski definition) is 0. The average Bonchev–Trinajstić information content (AvgIpc) is 2.87. The van der Waals surface area contributed by atoms with Crippen LogP contribution in [0.4, 0.5) is 0 Å². The van der Waals surface area contributed by atoms with Crippen molar-refractivity contribution in [2.45, 2.75) is 18.3 Å². The molecule has 0 unspecified atom stereocenters. The van der Waals surface area contributed by atoms with Gasteiger partial charge in [-0.1, -0.05) is 15.9 Å². The maximum Gasteiger partial charge on any atom is 0.318 e. The largest absolute Gasteiger partial charge is 0.468 e. The first-order chi connectivity index (χ1) is 9.65. The summed E-state index contributed by atoms with van der Waals surface area (Å²) in [5, 5.41) is 0. The van der Waals surface area contributed by atoms with Gasteiger partial charge in [0.1, 0.15) is 5.41 Å². The molecule has 0 spiro atoms. The number of carbonyl (C=O) groups excluding carboxylic acids is 1. The van der Waals surface area contributed by atoms with Crippen molar-refractivity contribution in [1.82, 2.24) is 15.0 Å². The molecule has 3 rings (SSSR count). The van der Waals surface area contributed by atoms with Crippen molar-refractivity contribution in [1.29, 1.82) is 0 Å². The molecule has 2 heterocycles. The molecular weight excluding hydrogens is 322 g/mol. The summed E-state index contributed by atoms with van der Waals surface area (Å²) < 4.78 is 5.89. The van der Waals surface area contributed by atoms with Gasteiger partial charge in [-0.3, -0.25) is 19.7 Å². The van der Waals surface area contributed by atoms with E-state index in [-0.39, 0.29) is 5.97 Å². The Morgan fingerprint density at radius 1 is 1.20 bits per heavy atom. The Morgan fingerprint density at radius 3 is 2.40 bits per heavy atom. The van der Waals surface area contributed by atoms with Gasteiger partial charge >= 0.3 is 5.97 Å². The summed E-state index contributed by atoms with van der Waals surface area (Å²) >= 11 is 3.42. The third kappa shape index (κ3) is 2.00. The Hall–Kier alpha value is -1.82. The maximum absolute atomic E-state index is 12.4. The van der Waals surface area contributed by atoms with Crippen LogP contribution in [0.2, 0.25) is 0 Å². The summed E-state index contributed by atoms with van der Waals surface area (Å²) in [7, 11) is 1.39. The van der Waals surface area contributed by atoms with Gasteiger partial charge in [-0.25, -0.2) is 0 Å². The smallest absolute Gasteiger partial charge is 0.318 e. The molecule has 0 saturated carbocycles. The molecule has 0 amide bonds. The van der Waals surface area contributed by atoms with E-state index in [2.05, 4.69) is 30.9 Å². The first-order valence-corrected chi connectivity index (χ1v) is 6.94. The lowest BCUT2D eigenvalue weighted by molar-refractivity contribution is -0.147. The Labute approximate surface area is 124 Å². The standard InChI is InChI=1S/C14H12BrN3O2/c1-20-13(19)14(12-6-9(15)2-3-18-12)7-10-11(8-14)17-5-4-16-10/h2-6H,7-8H2,1H3. The van der Waals surface area contributed by atoms with E-state index in [0.29, 0.717) is 18.5 Å². The van der Waals surface area contributed by atoms with Crippen molar-refractivity contribution in [3.63, 3.8) is 0 Å². The topological polar surface area (TPSA) is 65.0 Å². The van der Waals surface area contributed by atoms with Crippen molar-refractivity contribution < 1.29 is 9.53 Å². The normalized spacial score (nSPS) is 15.7. The van der Waals surface area contributed by atoms with Gasteiger partial charge in [-0.15, -0.1) is 0 Å². The molecule has 2 aromatic heterocycles. The van der Waals surface area contributed by atoms with Crippen molar-refractivity contribution in [3.8, 4) is 0 Å². The molecule has 102 valence electrons. The van der Waals surface area contributed by atoms with E-state index in [1.807, 2.05) is 12.1 Å². The van der Waals surface area contributed by atoms with Gasteiger partial charge in [0.2, 0.25) is 0 Å². The highest BCUT2D eigenvalue weighted by Gasteiger charge is 2.49. The van der Waals surface area contributed by atoms with Crippen molar-refractivity contribution >= 4 is 21.9 Å². The SMILES string of the molecule is COC(=O)C1(c2cc(Br)ccn2)Cc2nccnc2C1. The number of ether oxygens (including phenoxy) is 1. The van der Waals surface area contributed by atoms with Crippen LogP contribution in [0.3, 0.4) is 0 Å². The molecule has 2 aromatic rings. The third-order valence-electron chi connectivity index (χ3n) is 3.59. The Kier molecular flexibility index (Phi) is 3.25. The fourth-order valence-electron chi connectivity index (χ4n) is 2.62. The van der Waals surface area contributed by atoms with E-state index in [1.165, 1.54) is 7.11 Å². The fourth-order valence-corrected chi connectivity index (χ4v) is 2.95. The summed E-state index contributed by atoms with van der Waals surface area (Å²) in [5.41, 5.74) is 1.51. The highest BCUT2D eigenvalue weighted by Crippen LogP contribution is 2.38. The first-order valence-electron chi connectivity index (χ1n) is 6.15. The number of methoxy groups -OCH3 is 1. The summed E-state index contributed by atoms with van der Waals surface area (Å²) in [4.78, 5) is 25.4. The second kappa shape index (κ2) is 4.94. The van der Waals surface area contributed by atoms with E-state index in [0.717, 1.165) is 15.9 Å². The Balaban J connectivity index is 2.12. The van der Waals surface area contributed by atoms with E-state index in [4.69, 9.17) is 4.74 Å². The number of halogens is 1. The van der Waals surface area contributed by atoms with Gasteiger partial charge in [-0.05, 0) is 12.1 Å². The van der Waals surface area contributed by atoms with Crippen molar-refractivity contribution in [2.24, 2.45) is 0 Å². The molecule has 1 aliphatic rings. The second-order valence-corrected chi connectivity index (χ2v) is 5.65. The number of nitrogens with zero attached hydrogens (tertiary/aromatic N) is 3. The molecule has 0 bridgehead atoms. The molecule has 0 atom stereocenters. The predicted molar refractivity (Wildman–Crippen MR) is 75.1 cm³/mol. The van der Waals surface area contributed by atoms with Crippen LogP contribution in [0, 0.1) is 0 Å². The maximum atomic E-state index is 12.4. The molecule has 5 nitrogen and oxygen atoms in total. The van der Waals surface area contributed by atoms with Gasteiger partial charge in [0, 0.05) is 35.9 Å². The molecule has 6 heteroatoms. The zero-order valence-electron chi connectivity index (χ0n) is 10.8. The number of fused-ring (bicyclic) bond motifs is 1. The summed E-state index contributed by atoms with van der Waals surface area (Å²) in [6.45, 7) is 0.